The van der Waals surface area contributed by atoms with Gasteiger partial charge in [0.15, 0.2) is 0 Å². The van der Waals surface area contributed by atoms with Gasteiger partial charge in [-0.2, -0.15) is 0 Å². The number of carbonyl (C=O) groups is 3. The number of allylic oxidation sites excluding steroid dienone is 1. The van der Waals surface area contributed by atoms with Crippen LogP contribution >= 0.6 is 0 Å². The summed E-state index contributed by atoms with van der Waals surface area (Å²) in [7, 11) is 0. The van der Waals surface area contributed by atoms with Crippen LogP contribution in [-0.4, -0.2) is 23.1 Å². The van der Waals surface area contributed by atoms with Crippen LogP contribution in [0.4, 0.5) is 0 Å². The summed E-state index contributed by atoms with van der Waals surface area (Å²) in [5, 5.41) is 11.1. The average Bonchev–Trinajstić information content (AvgIpc) is 2.77. The number of hydrogen-bond acceptors (Lipinski definition) is 3. The predicted octanol–water partition coefficient (Wildman–Crippen LogP) is 6.62. The molecule has 0 heterocycles. The van der Waals surface area contributed by atoms with E-state index in [1.807, 2.05) is 0 Å². The van der Waals surface area contributed by atoms with E-state index >= 15 is 0 Å². The molecule has 5 aliphatic rings. The van der Waals surface area contributed by atoms with Crippen molar-refractivity contribution < 1.29 is 19.5 Å². The van der Waals surface area contributed by atoms with E-state index in [0.29, 0.717) is 24.5 Å². The van der Waals surface area contributed by atoms with E-state index in [2.05, 4.69) is 47.6 Å². The SMILES string of the molecule is CC1(C)C(=O)CC[C@]2(C)[C@H]3CC=C4[C@@H]5C[C@](C)(C=O)CC[C@]5(C)CC[C@@]4(C(=O)O)[C@]3(C)CC[C@@H]12. The minimum Gasteiger partial charge on any atom is -0.481 e. The van der Waals surface area contributed by atoms with Crippen molar-refractivity contribution in [3.63, 3.8) is 0 Å². The Morgan fingerprint density at radius 2 is 1.65 bits per heavy atom. The van der Waals surface area contributed by atoms with Crippen molar-refractivity contribution >= 4 is 18.0 Å². The van der Waals surface area contributed by atoms with Crippen molar-refractivity contribution in [1.82, 2.24) is 0 Å². The molecular formula is C30H44O4. The van der Waals surface area contributed by atoms with Gasteiger partial charge >= 0.3 is 5.97 Å². The van der Waals surface area contributed by atoms with Gasteiger partial charge in [0, 0.05) is 17.3 Å². The molecule has 5 rings (SSSR count). The standard InChI is InChI=1S/C30H44O4/c1-25(2)21-9-12-29(6)22(28(21,5)11-10-23(25)32)8-7-19-20-17-26(3,18-31)13-14-27(20,4)15-16-30(19,29)24(33)34/h7,18,20-22H,8-17H2,1-6H3,(H,33,34)/t20-,21-,22+,26+,27+,28-,29+,30+/m0/s1. The summed E-state index contributed by atoms with van der Waals surface area (Å²) in [5.41, 5.74) is -0.692. The Morgan fingerprint density at radius 1 is 0.971 bits per heavy atom. The van der Waals surface area contributed by atoms with Crippen LogP contribution < -0.4 is 0 Å². The highest BCUT2D eigenvalue weighted by Gasteiger charge is 2.71. The lowest BCUT2D eigenvalue weighted by Crippen LogP contribution is -2.66. The first-order valence-electron chi connectivity index (χ1n) is 13.6. The number of hydrogen-bond donors (Lipinski definition) is 1. The van der Waals surface area contributed by atoms with Gasteiger partial charge in [-0.05, 0) is 91.8 Å². The minimum absolute atomic E-state index is 0.0283. The Labute approximate surface area is 205 Å². The fraction of sp³-hybridized carbons (Fsp3) is 0.833. The number of aldehydes is 1. The van der Waals surface area contributed by atoms with Gasteiger partial charge in [-0.15, -0.1) is 0 Å². The van der Waals surface area contributed by atoms with E-state index in [0.717, 1.165) is 63.2 Å². The van der Waals surface area contributed by atoms with Crippen molar-refractivity contribution in [3.8, 4) is 0 Å². The number of rotatable bonds is 2. The van der Waals surface area contributed by atoms with Gasteiger partial charge in [-0.25, -0.2) is 0 Å². The molecule has 4 saturated carbocycles. The summed E-state index contributed by atoms with van der Waals surface area (Å²) in [6, 6.07) is 0. The number of ketones is 1. The first-order valence-corrected chi connectivity index (χ1v) is 13.6. The molecule has 0 saturated heterocycles. The Kier molecular flexibility index (Phi) is 5.04. The zero-order valence-electron chi connectivity index (χ0n) is 22.1. The van der Waals surface area contributed by atoms with Crippen LogP contribution in [-0.2, 0) is 14.4 Å². The molecule has 4 heteroatoms. The second kappa shape index (κ2) is 7.07. The van der Waals surface area contributed by atoms with Gasteiger partial charge in [0.05, 0.1) is 5.41 Å². The van der Waals surface area contributed by atoms with Crippen LogP contribution in [0.2, 0.25) is 0 Å². The quantitative estimate of drug-likeness (QED) is 0.365. The Morgan fingerprint density at radius 3 is 2.29 bits per heavy atom. The minimum atomic E-state index is -0.860. The normalized spacial score (nSPS) is 51.8. The third kappa shape index (κ3) is 2.75. The molecule has 0 bridgehead atoms. The van der Waals surface area contributed by atoms with E-state index in [-0.39, 0.29) is 38.9 Å². The van der Waals surface area contributed by atoms with Crippen LogP contribution in [0, 0.1) is 50.2 Å². The van der Waals surface area contributed by atoms with Gasteiger partial charge in [-0.3, -0.25) is 9.59 Å². The van der Waals surface area contributed by atoms with Crippen molar-refractivity contribution in [1.29, 1.82) is 0 Å². The summed E-state index contributed by atoms with van der Waals surface area (Å²) < 4.78 is 0. The van der Waals surface area contributed by atoms with Crippen molar-refractivity contribution in [2.24, 2.45) is 50.2 Å². The summed E-state index contributed by atoms with van der Waals surface area (Å²) in [4.78, 5) is 38.4. The predicted molar refractivity (Wildman–Crippen MR) is 132 cm³/mol. The van der Waals surface area contributed by atoms with E-state index in [4.69, 9.17) is 0 Å². The van der Waals surface area contributed by atoms with Gasteiger partial charge in [0.1, 0.15) is 12.1 Å². The van der Waals surface area contributed by atoms with Crippen molar-refractivity contribution in [2.45, 2.75) is 106 Å². The summed E-state index contributed by atoms with van der Waals surface area (Å²) in [6.07, 6.45) is 11.9. The van der Waals surface area contributed by atoms with E-state index in [1.165, 1.54) is 0 Å². The maximum Gasteiger partial charge on any atom is 0.314 e. The number of fused-ring (bicyclic) bond motifs is 7. The molecule has 0 aromatic carbocycles. The largest absolute Gasteiger partial charge is 0.481 e. The molecule has 0 amide bonds. The highest BCUT2D eigenvalue weighted by Crippen LogP contribution is 2.75. The van der Waals surface area contributed by atoms with Crippen LogP contribution in [0.1, 0.15) is 106 Å². The summed E-state index contributed by atoms with van der Waals surface area (Å²) in [5.74, 6) is 0.453. The fourth-order valence-corrected chi connectivity index (χ4v) is 10.4. The molecule has 8 atom stereocenters. The number of carboxylic acid groups (broad SMARTS) is 1. The van der Waals surface area contributed by atoms with Gasteiger partial charge in [-0.1, -0.05) is 53.2 Å². The van der Waals surface area contributed by atoms with Crippen LogP contribution in [0.15, 0.2) is 11.6 Å². The average molecular weight is 469 g/mol. The molecule has 0 spiro atoms. The van der Waals surface area contributed by atoms with E-state index in [9.17, 15) is 19.5 Å². The molecule has 1 N–H and O–H groups in total. The topological polar surface area (TPSA) is 71.4 Å². The van der Waals surface area contributed by atoms with Crippen LogP contribution in [0.5, 0.6) is 0 Å². The summed E-state index contributed by atoms with van der Waals surface area (Å²) >= 11 is 0. The smallest absolute Gasteiger partial charge is 0.314 e. The lowest BCUT2D eigenvalue weighted by Gasteiger charge is -2.69. The lowest BCUT2D eigenvalue weighted by molar-refractivity contribution is -0.200. The van der Waals surface area contributed by atoms with Crippen LogP contribution in [0.25, 0.3) is 0 Å². The molecule has 188 valence electrons. The molecule has 4 nitrogen and oxygen atoms in total. The van der Waals surface area contributed by atoms with Gasteiger partial charge in [0.25, 0.3) is 0 Å². The third-order valence-corrected chi connectivity index (χ3v) is 12.7. The second-order valence-electron chi connectivity index (χ2n) is 14.5. The lowest BCUT2D eigenvalue weighted by atomic mass is 9.33. The molecule has 4 fully saturated rings. The summed E-state index contributed by atoms with van der Waals surface area (Å²) in [6.45, 7) is 13.3. The highest BCUT2D eigenvalue weighted by molar-refractivity contribution is 5.86. The first-order chi connectivity index (χ1) is 15.7. The van der Waals surface area contributed by atoms with Gasteiger partial charge in [0.2, 0.25) is 0 Å². The fourth-order valence-electron chi connectivity index (χ4n) is 10.4. The zero-order chi connectivity index (χ0) is 24.9. The Balaban J connectivity index is 1.65. The maximum absolute atomic E-state index is 13.5. The van der Waals surface area contributed by atoms with Crippen molar-refractivity contribution in [3.05, 3.63) is 11.6 Å². The molecule has 0 aromatic heterocycles. The molecule has 0 radical (unpaired) electrons. The highest BCUT2D eigenvalue weighted by atomic mass is 16.4. The number of aliphatic carboxylic acids is 1. The molecule has 5 aliphatic carbocycles. The molecule has 34 heavy (non-hydrogen) atoms. The molecule has 0 aromatic rings. The van der Waals surface area contributed by atoms with E-state index in [1.54, 1.807) is 0 Å². The second-order valence-corrected chi connectivity index (χ2v) is 14.5. The van der Waals surface area contributed by atoms with E-state index < -0.39 is 11.4 Å². The number of Topliss-reactive ketones (excluding diaryl/α,β-unsaturated/α-hetero) is 1. The Bertz CT molecular complexity index is 978. The number of carboxylic acids is 1. The third-order valence-electron chi connectivity index (χ3n) is 12.7. The van der Waals surface area contributed by atoms with Crippen molar-refractivity contribution in [2.75, 3.05) is 0 Å². The number of carbonyl (C=O) groups excluding carboxylic acids is 2. The molecule has 0 aliphatic heterocycles. The van der Waals surface area contributed by atoms with Gasteiger partial charge < -0.3 is 9.90 Å². The first kappa shape index (κ1) is 24.3. The zero-order valence-corrected chi connectivity index (χ0v) is 22.1. The van der Waals surface area contributed by atoms with Crippen LogP contribution in [0.3, 0.4) is 0 Å². The maximum atomic E-state index is 13.5. The molecule has 0 unspecified atom stereocenters. The Hall–Kier alpha value is -1.45. The monoisotopic (exact) mass is 468 g/mol. The molecular weight excluding hydrogens is 424 g/mol.